The molecule has 1 aliphatic rings. The van der Waals surface area contributed by atoms with E-state index < -0.39 is 11.9 Å². The lowest BCUT2D eigenvalue weighted by Crippen LogP contribution is -2.22. The number of halogens is 6. The molecule has 0 spiro atoms. The van der Waals surface area contributed by atoms with Crippen LogP contribution in [0.1, 0.15) is 5.56 Å². The first kappa shape index (κ1) is 16.4. The van der Waals surface area contributed by atoms with Crippen LogP contribution in [-0.4, -0.2) is 11.9 Å². The Kier molecular flexibility index (Phi) is 4.21. The van der Waals surface area contributed by atoms with Gasteiger partial charge in [0.1, 0.15) is 17.2 Å². The summed E-state index contributed by atoms with van der Waals surface area (Å²) in [5.74, 6) is 0.501. The summed E-state index contributed by atoms with van der Waals surface area (Å²) in [6.07, 6.45) is -4.79. The summed E-state index contributed by atoms with van der Waals surface area (Å²) in [6, 6.07) is 7.39. The summed E-state index contributed by atoms with van der Waals surface area (Å²) in [7, 11) is 0. The van der Waals surface area contributed by atoms with Crippen molar-refractivity contribution >= 4 is 46.2 Å². The Hall–Kier alpha value is -1.43. The molecule has 0 bridgehead atoms. The van der Waals surface area contributed by atoms with E-state index in [2.05, 4.69) is 4.99 Å². The van der Waals surface area contributed by atoms with E-state index in [-0.39, 0.29) is 27.9 Å². The highest BCUT2D eigenvalue weighted by Gasteiger charge is 2.38. The number of benzene rings is 2. The van der Waals surface area contributed by atoms with Gasteiger partial charge < -0.3 is 4.74 Å². The Labute approximate surface area is 144 Å². The maximum atomic E-state index is 12.7. The molecule has 0 amide bonds. The van der Waals surface area contributed by atoms with E-state index in [0.29, 0.717) is 16.3 Å². The molecule has 0 saturated carbocycles. The lowest BCUT2D eigenvalue weighted by molar-refractivity contribution is -0.0597. The average molecular weight is 381 g/mol. The molecule has 0 aromatic heterocycles. The van der Waals surface area contributed by atoms with E-state index in [0.717, 1.165) is 0 Å². The van der Waals surface area contributed by atoms with Crippen molar-refractivity contribution in [2.24, 2.45) is 4.99 Å². The number of fused-ring (bicyclic) bond motifs is 1. The highest BCUT2D eigenvalue weighted by Crippen LogP contribution is 2.41. The van der Waals surface area contributed by atoms with Crippen molar-refractivity contribution in [1.82, 2.24) is 0 Å². The second-order valence-corrected chi connectivity index (χ2v) is 6.07. The van der Waals surface area contributed by atoms with Crippen LogP contribution in [0.4, 0.5) is 18.9 Å². The second kappa shape index (κ2) is 5.89. The van der Waals surface area contributed by atoms with Gasteiger partial charge in [-0.15, -0.1) is 0 Å². The van der Waals surface area contributed by atoms with Crippen LogP contribution in [0.3, 0.4) is 0 Å². The van der Waals surface area contributed by atoms with Crippen molar-refractivity contribution < 1.29 is 17.9 Å². The highest BCUT2D eigenvalue weighted by atomic mass is 35.5. The van der Waals surface area contributed by atoms with Gasteiger partial charge in [0.05, 0.1) is 15.7 Å². The predicted molar refractivity (Wildman–Crippen MR) is 84.8 cm³/mol. The largest absolute Gasteiger partial charge is 0.454 e. The minimum atomic E-state index is -4.47. The zero-order valence-electron chi connectivity index (χ0n) is 11.2. The highest BCUT2D eigenvalue weighted by molar-refractivity contribution is 6.35. The lowest BCUT2D eigenvalue weighted by Gasteiger charge is -2.11. The van der Waals surface area contributed by atoms with Gasteiger partial charge in [0.25, 0.3) is 0 Å². The zero-order chi connectivity index (χ0) is 16.8. The standard InChI is InChI=1S/C15H7Cl3F3NO/c16-8-1-2-12(9(17)5-8)23-13-3-7-4-14(15(19,20)21)22-11(7)6-10(13)18/h1-3,5-6H,4H2. The van der Waals surface area contributed by atoms with E-state index in [4.69, 9.17) is 39.5 Å². The molecular formula is C15H7Cl3F3NO. The van der Waals surface area contributed by atoms with Gasteiger partial charge in [-0.05, 0) is 35.9 Å². The topological polar surface area (TPSA) is 21.6 Å². The second-order valence-electron chi connectivity index (χ2n) is 4.82. The molecule has 23 heavy (non-hydrogen) atoms. The molecule has 0 saturated heterocycles. The monoisotopic (exact) mass is 379 g/mol. The molecule has 0 radical (unpaired) electrons. The molecule has 0 fully saturated rings. The van der Waals surface area contributed by atoms with E-state index in [1.54, 1.807) is 12.1 Å². The average Bonchev–Trinajstić information content (AvgIpc) is 2.85. The first-order valence-electron chi connectivity index (χ1n) is 6.34. The molecule has 0 unspecified atom stereocenters. The number of hydrogen-bond donors (Lipinski definition) is 0. The number of alkyl halides is 3. The van der Waals surface area contributed by atoms with Gasteiger partial charge in [0.2, 0.25) is 0 Å². The third-order valence-electron chi connectivity index (χ3n) is 3.19. The fraction of sp³-hybridized carbons (Fsp3) is 0.133. The van der Waals surface area contributed by atoms with Crippen molar-refractivity contribution in [3.63, 3.8) is 0 Å². The molecule has 2 nitrogen and oxygen atoms in total. The van der Waals surface area contributed by atoms with E-state index in [9.17, 15) is 13.2 Å². The zero-order valence-corrected chi connectivity index (χ0v) is 13.5. The summed E-state index contributed by atoms with van der Waals surface area (Å²) in [6.45, 7) is 0. The fourth-order valence-electron chi connectivity index (χ4n) is 2.11. The maximum absolute atomic E-state index is 12.7. The maximum Gasteiger partial charge on any atom is 0.429 e. The normalized spacial score (nSPS) is 13.7. The SMILES string of the molecule is FC(F)(F)C1=Nc2cc(Cl)c(Oc3ccc(Cl)cc3Cl)cc2C1. The van der Waals surface area contributed by atoms with Crippen LogP contribution in [0.5, 0.6) is 11.5 Å². The number of nitrogens with zero attached hydrogens (tertiary/aromatic N) is 1. The molecule has 8 heteroatoms. The van der Waals surface area contributed by atoms with Crippen LogP contribution < -0.4 is 4.74 Å². The number of hydrogen-bond acceptors (Lipinski definition) is 2. The lowest BCUT2D eigenvalue weighted by atomic mass is 10.1. The predicted octanol–water partition coefficient (Wildman–Crippen LogP) is 6.63. The minimum absolute atomic E-state index is 0.141. The van der Waals surface area contributed by atoms with Crippen molar-refractivity contribution in [2.75, 3.05) is 0 Å². The molecule has 0 atom stereocenters. The van der Waals surface area contributed by atoms with Crippen LogP contribution in [0, 0.1) is 0 Å². The molecule has 1 aliphatic heterocycles. The summed E-state index contributed by atoms with van der Waals surface area (Å²) in [5, 5.41) is 0.842. The van der Waals surface area contributed by atoms with Crippen LogP contribution in [0.15, 0.2) is 35.3 Å². The van der Waals surface area contributed by atoms with E-state index >= 15 is 0 Å². The van der Waals surface area contributed by atoms with Gasteiger partial charge in [-0.25, -0.2) is 4.99 Å². The number of ether oxygens (including phenoxy) is 1. The quantitative estimate of drug-likeness (QED) is 0.573. The summed E-state index contributed by atoms with van der Waals surface area (Å²) in [5.41, 5.74) is -0.274. The van der Waals surface area contributed by atoms with Gasteiger partial charge in [0, 0.05) is 11.4 Å². The van der Waals surface area contributed by atoms with Crippen LogP contribution >= 0.6 is 34.8 Å². The van der Waals surface area contributed by atoms with Crippen LogP contribution in [0.2, 0.25) is 15.1 Å². The molecule has 1 heterocycles. The van der Waals surface area contributed by atoms with Gasteiger partial charge in [-0.3, -0.25) is 0 Å². The summed E-state index contributed by atoms with van der Waals surface area (Å²) in [4.78, 5) is 3.57. The summed E-state index contributed by atoms with van der Waals surface area (Å²) >= 11 is 17.9. The van der Waals surface area contributed by atoms with Gasteiger partial charge in [-0.1, -0.05) is 34.8 Å². The van der Waals surface area contributed by atoms with Crippen molar-refractivity contribution in [1.29, 1.82) is 0 Å². The fourth-order valence-corrected chi connectivity index (χ4v) is 2.76. The number of rotatable bonds is 2. The van der Waals surface area contributed by atoms with Gasteiger partial charge in [0.15, 0.2) is 0 Å². The molecule has 120 valence electrons. The Morgan fingerprint density at radius 1 is 0.957 bits per heavy atom. The van der Waals surface area contributed by atoms with Crippen molar-refractivity contribution in [2.45, 2.75) is 12.6 Å². The Morgan fingerprint density at radius 3 is 2.30 bits per heavy atom. The molecule has 2 aromatic rings. The van der Waals surface area contributed by atoms with Gasteiger partial charge in [-0.2, -0.15) is 13.2 Å². The number of aliphatic imine (C=N–C) groups is 1. The van der Waals surface area contributed by atoms with Crippen molar-refractivity contribution in [3.05, 3.63) is 51.0 Å². The third kappa shape index (κ3) is 3.42. The Bertz CT molecular complexity index is 818. The first-order chi connectivity index (χ1) is 10.7. The van der Waals surface area contributed by atoms with Crippen LogP contribution in [0.25, 0.3) is 0 Å². The summed E-state index contributed by atoms with van der Waals surface area (Å²) < 4.78 is 43.8. The molecule has 3 rings (SSSR count). The molecule has 0 aliphatic carbocycles. The van der Waals surface area contributed by atoms with Gasteiger partial charge >= 0.3 is 6.18 Å². The third-order valence-corrected chi connectivity index (χ3v) is 4.01. The van der Waals surface area contributed by atoms with Crippen LogP contribution in [-0.2, 0) is 6.42 Å². The molecule has 0 N–H and O–H groups in total. The first-order valence-corrected chi connectivity index (χ1v) is 7.47. The Morgan fingerprint density at radius 2 is 1.65 bits per heavy atom. The Balaban J connectivity index is 1.91. The van der Waals surface area contributed by atoms with E-state index in [1.807, 2.05) is 0 Å². The minimum Gasteiger partial charge on any atom is -0.454 e. The van der Waals surface area contributed by atoms with E-state index in [1.165, 1.54) is 18.2 Å². The smallest absolute Gasteiger partial charge is 0.429 e. The molecular weight excluding hydrogens is 374 g/mol. The molecule has 2 aromatic carbocycles. The van der Waals surface area contributed by atoms with Crippen molar-refractivity contribution in [3.8, 4) is 11.5 Å².